The Kier molecular flexibility index (Phi) is 7.62. The van der Waals surface area contributed by atoms with Gasteiger partial charge < -0.3 is 4.57 Å². The summed E-state index contributed by atoms with van der Waals surface area (Å²) in [7, 11) is 0. The second-order valence-electron chi connectivity index (χ2n) is 17.8. The lowest BCUT2D eigenvalue weighted by Crippen LogP contribution is -2.15. The fourth-order valence-corrected chi connectivity index (χ4v) is 10.4. The van der Waals surface area contributed by atoms with Gasteiger partial charge in [-0.2, -0.15) is 0 Å². The maximum atomic E-state index is 5.37. The summed E-state index contributed by atoms with van der Waals surface area (Å²) >= 11 is 0. The Morgan fingerprint density at radius 2 is 0.836 bits per heavy atom. The largest absolute Gasteiger partial charge is 0.309 e. The highest BCUT2D eigenvalue weighted by Crippen LogP contribution is 2.51. The van der Waals surface area contributed by atoms with Crippen molar-refractivity contribution in [1.82, 2.24) is 14.5 Å². The molecule has 2 aliphatic rings. The topological polar surface area (TPSA) is 30.7 Å². The molecule has 0 atom stereocenters. The summed E-state index contributed by atoms with van der Waals surface area (Å²) < 4.78 is 2.36. The van der Waals surface area contributed by atoms with Crippen LogP contribution in [0.5, 0.6) is 0 Å². The van der Waals surface area contributed by atoms with Crippen molar-refractivity contribution in [3.05, 3.63) is 210 Å². The van der Waals surface area contributed by atoms with Crippen molar-refractivity contribution in [1.29, 1.82) is 0 Å². The summed E-state index contributed by atoms with van der Waals surface area (Å²) in [5.74, 6) is 0.731. The minimum atomic E-state index is -0.127. The minimum absolute atomic E-state index is 0.115. The molecule has 0 amide bonds. The van der Waals surface area contributed by atoms with Crippen molar-refractivity contribution in [3.8, 4) is 73.0 Å². The molecule has 8 aromatic carbocycles. The van der Waals surface area contributed by atoms with Gasteiger partial charge in [0.15, 0.2) is 5.82 Å². The number of para-hydroxylation sites is 2. The van der Waals surface area contributed by atoms with E-state index in [2.05, 4.69) is 220 Å². The molecule has 0 N–H and O–H groups in total. The van der Waals surface area contributed by atoms with Gasteiger partial charge in [-0.3, -0.25) is 0 Å². The number of hydrogen-bond donors (Lipinski definition) is 0. The van der Waals surface area contributed by atoms with Crippen LogP contribution < -0.4 is 0 Å². The van der Waals surface area contributed by atoms with Crippen molar-refractivity contribution in [3.63, 3.8) is 0 Å². The molecule has 290 valence electrons. The van der Waals surface area contributed by atoms with E-state index in [9.17, 15) is 0 Å². The molecular formula is C58H43N3. The lowest BCUT2D eigenvalue weighted by molar-refractivity contribution is 0.660. The molecule has 61 heavy (non-hydrogen) atoms. The molecule has 3 heteroatoms. The van der Waals surface area contributed by atoms with Crippen molar-refractivity contribution in [2.24, 2.45) is 0 Å². The Labute approximate surface area is 356 Å². The van der Waals surface area contributed by atoms with Crippen LogP contribution in [0.15, 0.2) is 188 Å². The van der Waals surface area contributed by atoms with Crippen LogP contribution in [0.3, 0.4) is 0 Å². The summed E-state index contributed by atoms with van der Waals surface area (Å²) in [6.07, 6.45) is 0. The SMILES string of the molecule is CC1(C)c2ccccc2-c2ccc(-c3cc(-c4ccc(-c5ccc6c(c5)c5ccccc5n6-c5ccccc5)cc4)nc(-c4ccc5c(c4)C(C)(C)c4ccccc4-5)n3)cc21. The molecule has 0 saturated heterocycles. The van der Waals surface area contributed by atoms with Crippen LogP contribution in [-0.2, 0) is 10.8 Å². The number of nitrogens with zero attached hydrogens (tertiary/aromatic N) is 3. The zero-order valence-corrected chi connectivity index (χ0v) is 34.7. The van der Waals surface area contributed by atoms with Gasteiger partial charge in [-0.1, -0.05) is 167 Å². The molecular weight excluding hydrogens is 739 g/mol. The van der Waals surface area contributed by atoms with Crippen molar-refractivity contribution >= 4 is 21.8 Å². The molecule has 3 nitrogen and oxygen atoms in total. The van der Waals surface area contributed by atoms with Crippen LogP contribution in [0.4, 0.5) is 0 Å². The third-order valence-corrected chi connectivity index (χ3v) is 13.6. The third kappa shape index (κ3) is 5.36. The number of fused-ring (bicyclic) bond motifs is 9. The zero-order chi connectivity index (χ0) is 41.0. The van der Waals surface area contributed by atoms with Crippen LogP contribution in [0.2, 0.25) is 0 Å². The second kappa shape index (κ2) is 13.1. The molecule has 0 radical (unpaired) electrons. The first-order chi connectivity index (χ1) is 29.7. The lowest BCUT2D eigenvalue weighted by atomic mass is 9.82. The van der Waals surface area contributed by atoms with E-state index < -0.39 is 0 Å². The van der Waals surface area contributed by atoms with Gasteiger partial charge in [0.25, 0.3) is 0 Å². The molecule has 10 aromatic rings. The standard InChI is InChI=1S/C58H43N3/c1-57(2)48-19-11-8-16-42(48)44-29-26-39(33-50(44)57)53-35-52(59-56(60-53)40-27-30-45-43-17-9-12-20-49(43)58(3,4)51(45)34-40)37-24-22-36(23-25-37)38-28-31-55-47(32-38)46-18-10-13-21-54(46)61(55)41-14-6-5-7-15-41/h5-35H,1-4H3. The first-order valence-electron chi connectivity index (χ1n) is 21.3. The van der Waals surface area contributed by atoms with Crippen molar-refractivity contribution < 1.29 is 0 Å². The van der Waals surface area contributed by atoms with Crippen LogP contribution in [0.25, 0.3) is 94.8 Å². The molecule has 2 heterocycles. The number of hydrogen-bond acceptors (Lipinski definition) is 2. The Balaban J connectivity index is 0.974. The fourth-order valence-electron chi connectivity index (χ4n) is 10.4. The van der Waals surface area contributed by atoms with E-state index >= 15 is 0 Å². The van der Waals surface area contributed by atoms with Gasteiger partial charge >= 0.3 is 0 Å². The smallest absolute Gasteiger partial charge is 0.160 e. The van der Waals surface area contributed by atoms with Gasteiger partial charge in [-0.15, -0.1) is 0 Å². The summed E-state index contributed by atoms with van der Waals surface area (Å²) in [5.41, 5.74) is 21.3. The minimum Gasteiger partial charge on any atom is -0.309 e. The molecule has 12 rings (SSSR count). The molecule has 0 spiro atoms. The number of rotatable bonds is 5. The van der Waals surface area contributed by atoms with Gasteiger partial charge in [0, 0.05) is 44.0 Å². The summed E-state index contributed by atoms with van der Waals surface area (Å²) in [6.45, 7) is 9.33. The van der Waals surface area contributed by atoms with E-state index in [0.717, 1.165) is 45.2 Å². The van der Waals surface area contributed by atoms with E-state index in [1.807, 2.05) is 0 Å². The summed E-state index contributed by atoms with van der Waals surface area (Å²) in [4.78, 5) is 10.7. The Hall–Kier alpha value is -7.36. The van der Waals surface area contributed by atoms with Gasteiger partial charge in [-0.25, -0.2) is 9.97 Å². The molecule has 0 saturated carbocycles. The lowest BCUT2D eigenvalue weighted by Gasteiger charge is -2.22. The Bertz CT molecular complexity index is 3280. The highest BCUT2D eigenvalue weighted by Gasteiger charge is 2.37. The molecule has 0 aliphatic heterocycles. The first-order valence-corrected chi connectivity index (χ1v) is 21.3. The first kappa shape index (κ1) is 35.6. The Morgan fingerprint density at radius 3 is 1.52 bits per heavy atom. The quantitative estimate of drug-likeness (QED) is 0.174. The second-order valence-corrected chi connectivity index (χ2v) is 17.8. The number of benzene rings is 8. The Morgan fingerprint density at radius 1 is 0.344 bits per heavy atom. The maximum absolute atomic E-state index is 5.37. The van der Waals surface area contributed by atoms with Crippen LogP contribution in [0, 0.1) is 0 Å². The summed E-state index contributed by atoms with van der Waals surface area (Å²) in [6, 6.07) is 68.6. The van der Waals surface area contributed by atoms with E-state index in [0.29, 0.717) is 0 Å². The highest BCUT2D eigenvalue weighted by molar-refractivity contribution is 6.10. The number of aromatic nitrogens is 3. The third-order valence-electron chi connectivity index (χ3n) is 13.6. The van der Waals surface area contributed by atoms with Gasteiger partial charge in [0.1, 0.15) is 0 Å². The normalized spacial score (nSPS) is 14.2. The van der Waals surface area contributed by atoms with Gasteiger partial charge in [0.05, 0.1) is 22.4 Å². The molecule has 2 aromatic heterocycles. The molecule has 2 aliphatic carbocycles. The average molecular weight is 782 g/mol. The van der Waals surface area contributed by atoms with Crippen molar-refractivity contribution in [2.45, 2.75) is 38.5 Å². The van der Waals surface area contributed by atoms with E-state index in [1.54, 1.807) is 0 Å². The zero-order valence-electron chi connectivity index (χ0n) is 34.7. The van der Waals surface area contributed by atoms with Gasteiger partial charge in [-0.05, 0) is 104 Å². The maximum Gasteiger partial charge on any atom is 0.160 e. The molecule has 0 fully saturated rings. The van der Waals surface area contributed by atoms with E-state index in [4.69, 9.17) is 9.97 Å². The van der Waals surface area contributed by atoms with Crippen LogP contribution >= 0.6 is 0 Å². The summed E-state index contributed by atoms with van der Waals surface area (Å²) in [5, 5.41) is 2.49. The fraction of sp³-hybridized carbons (Fsp3) is 0.103. The predicted molar refractivity (Wildman–Crippen MR) is 253 cm³/mol. The monoisotopic (exact) mass is 781 g/mol. The van der Waals surface area contributed by atoms with E-state index in [-0.39, 0.29) is 10.8 Å². The predicted octanol–water partition coefficient (Wildman–Crippen LogP) is 14.9. The van der Waals surface area contributed by atoms with Gasteiger partial charge in [0.2, 0.25) is 0 Å². The van der Waals surface area contributed by atoms with Crippen LogP contribution in [0.1, 0.15) is 49.9 Å². The molecule has 0 unspecified atom stereocenters. The van der Waals surface area contributed by atoms with Crippen LogP contribution in [-0.4, -0.2) is 14.5 Å². The van der Waals surface area contributed by atoms with Crippen molar-refractivity contribution in [2.75, 3.05) is 0 Å². The average Bonchev–Trinajstić information content (AvgIpc) is 3.85. The molecule has 0 bridgehead atoms. The van der Waals surface area contributed by atoms with E-state index in [1.165, 1.54) is 71.9 Å². The highest BCUT2D eigenvalue weighted by atomic mass is 15.0.